The van der Waals surface area contributed by atoms with E-state index in [1.165, 1.54) is 12.8 Å². The minimum atomic E-state index is 0.618. The highest BCUT2D eigenvalue weighted by atomic mass is 35.5. The van der Waals surface area contributed by atoms with Crippen molar-refractivity contribution in [2.24, 2.45) is 0 Å². The number of nitrogens with one attached hydrogen (secondary N) is 1. The first-order valence-electron chi connectivity index (χ1n) is 6.25. The van der Waals surface area contributed by atoms with E-state index in [1.807, 2.05) is 18.3 Å². The third-order valence-corrected chi connectivity index (χ3v) is 3.41. The van der Waals surface area contributed by atoms with Crippen molar-refractivity contribution in [2.45, 2.75) is 25.4 Å². The highest BCUT2D eigenvalue weighted by Crippen LogP contribution is 2.25. The summed E-state index contributed by atoms with van der Waals surface area (Å²) in [4.78, 5) is 0. The van der Waals surface area contributed by atoms with Crippen LogP contribution in [0.5, 0.6) is 5.75 Å². The van der Waals surface area contributed by atoms with Crippen LogP contribution in [0.2, 0.25) is 5.02 Å². The van der Waals surface area contributed by atoms with Crippen molar-refractivity contribution in [1.82, 2.24) is 20.3 Å². The molecule has 1 N–H and O–H groups in total. The fraction of sp³-hybridized carbons (Fsp3) is 0.385. The number of nitrogens with zero attached hydrogens (tertiary/aromatic N) is 3. The van der Waals surface area contributed by atoms with Gasteiger partial charge >= 0.3 is 0 Å². The number of hydrogen-bond acceptors (Lipinski definition) is 4. The van der Waals surface area contributed by atoms with Gasteiger partial charge < -0.3 is 10.1 Å². The van der Waals surface area contributed by atoms with Gasteiger partial charge in [-0.1, -0.05) is 16.8 Å². The largest absolute Gasteiger partial charge is 0.497 e. The summed E-state index contributed by atoms with van der Waals surface area (Å²) < 4.78 is 6.87. The molecule has 5 nitrogen and oxygen atoms in total. The molecule has 0 bridgehead atoms. The number of methoxy groups -OCH3 is 1. The monoisotopic (exact) mass is 278 g/mol. The van der Waals surface area contributed by atoms with Gasteiger partial charge in [0.1, 0.15) is 5.75 Å². The van der Waals surface area contributed by atoms with Crippen LogP contribution >= 0.6 is 11.6 Å². The van der Waals surface area contributed by atoms with E-state index in [0.29, 0.717) is 11.1 Å². The second-order valence-corrected chi connectivity index (χ2v) is 5.03. The van der Waals surface area contributed by atoms with E-state index in [1.54, 1.807) is 17.9 Å². The summed E-state index contributed by atoms with van der Waals surface area (Å²) in [6.07, 6.45) is 4.40. The molecule has 1 aliphatic carbocycles. The first-order chi connectivity index (χ1) is 9.26. The van der Waals surface area contributed by atoms with Gasteiger partial charge in [0.05, 0.1) is 29.7 Å². The van der Waals surface area contributed by atoms with Gasteiger partial charge in [0, 0.05) is 18.7 Å². The molecular formula is C13H15ClN4O. The highest BCUT2D eigenvalue weighted by Gasteiger charge is 2.20. The Balaban J connectivity index is 1.80. The van der Waals surface area contributed by atoms with E-state index in [2.05, 4.69) is 15.6 Å². The van der Waals surface area contributed by atoms with E-state index in [-0.39, 0.29) is 0 Å². The number of ether oxygens (including phenoxy) is 1. The zero-order chi connectivity index (χ0) is 13.2. The van der Waals surface area contributed by atoms with Gasteiger partial charge in [0.2, 0.25) is 0 Å². The average molecular weight is 279 g/mol. The zero-order valence-corrected chi connectivity index (χ0v) is 11.4. The molecule has 1 heterocycles. The third-order valence-electron chi connectivity index (χ3n) is 3.09. The number of halogens is 1. The molecule has 1 fully saturated rings. The lowest BCUT2D eigenvalue weighted by Gasteiger charge is -2.05. The average Bonchev–Trinajstić information content (AvgIpc) is 3.15. The van der Waals surface area contributed by atoms with Crippen molar-refractivity contribution in [2.75, 3.05) is 7.11 Å². The summed E-state index contributed by atoms with van der Waals surface area (Å²) in [5.41, 5.74) is 1.68. The maximum Gasteiger partial charge on any atom is 0.121 e. The number of rotatable bonds is 5. The topological polar surface area (TPSA) is 52.0 Å². The van der Waals surface area contributed by atoms with Crippen molar-refractivity contribution in [3.63, 3.8) is 0 Å². The predicted octanol–water partition coefficient (Wildman–Crippen LogP) is 2.18. The normalized spacial score (nSPS) is 14.6. The molecule has 1 saturated carbocycles. The Labute approximate surface area is 116 Å². The Morgan fingerprint density at radius 3 is 3.05 bits per heavy atom. The molecule has 0 atom stereocenters. The quantitative estimate of drug-likeness (QED) is 0.911. The molecule has 2 aromatic rings. The van der Waals surface area contributed by atoms with E-state index in [0.717, 1.165) is 23.7 Å². The first-order valence-corrected chi connectivity index (χ1v) is 6.62. The molecule has 0 spiro atoms. The number of benzene rings is 1. The van der Waals surface area contributed by atoms with Crippen LogP contribution in [0.4, 0.5) is 0 Å². The van der Waals surface area contributed by atoms with Gasteiger partial charge in [-0.3, -0.25) is 0 Å². The van der Waals surface area contributed by atoms with Gasteiger partial charge in [-0.05, 0) is 25.0 Å². The smallest absolute Gasteiger partial charge is 0.121 e. The lowest BCUT2D eigenvalue weighted by Crippen LogP contribution is -2.15. The summed E-state index contributed by atoms with van der Waals surface area (Å²) >= 11 is 6.17. The standard InChI is InChI=1S/C13H15ClN4O/c1-19-11-4-5-12(14)13(6-11)18-8-10(16-17-18)7-15-9-2-3-9/h4-6,8-9,15H,2-3,7H2,1H3. The van der Waals surface area contributed by atoms with Crippen LogP contribution in [0.15, 0.2) is 24.4 Å². The maximum atomic E-state index is 6.17. The molecular weight excluding hydrogens is 264 g/mol. The van der Waals surface area contributed by atoms with Gasteiger partial charge in [-0.25, -0.2) is 4.68 Å². The number of aromatic nitrogens is 3. The second kappa shape index (κ2) is 5.19. The molecule has 1 aromatic heterocycles. The summed E-state index contributed by atoms with van der Waals surface area (Å²) in [6.45, 7) is 0.742. The second-order valence-electron chi connectivity index (χ2n) is 4.63. The fourth-order valence-corrected chi connectivity index (χ4v) is 2.03. The summed E-state index contributed by atoms with van der Waals surface area (Å²) in [7, 11) is 1.62. The van der Waals surface area contributed by atoms with Crippen molar-refractivity contribution < 1.29 is 4.74 Å². The third kappa shape index (κ3) is 2.88. The van der Waals surface area contributed by atoms with Crippen LogP contribution < -0.4 is 10.1 Å². The number of hydrogen-bond donors (Lipinski definition) is 1. The maximum absolute atomic E-state index is 6.17. The van der Waals surface area contributed by atoms with E-state index in [9.17, 15) is 0 Å². The Bertz CT molecular complexity index is 580. The minimum Gasteiger partial charge on any atom is -0.497 e. The van der Waals surface area contributed by atoms with E-state index < -0.39 is 0 Å². The SMILES string of the molecule is COc1ccc(Cl)c(-n2cc(CNC3CC3)nn2)c1. The lowest BCUT2D eigenvalue weighted by atomic mass is 10.3. The van der Waals surface area contributed by atoms with Crippen molar-refractivity contribution in [3.8, 4) is 11.4 Å². The predicted molar refractivity (Wildman–Crippen MR) is 72.8 cm³/mol. The first kappa shape index (κ1) is 12.4. The molecule has 100 valence electrons. The van der Waals surface area contributed by atoms with E-state index in [4.69, 9.17) is 16.3 Å². The summed E-state index contributed by atoms with van der Waals surface area (Å²) in [5.74, 6) is 0.743. The van der Waals surface area contributed by atoms with Gasteiger partial charge in [-0.15, -0.1) is 5.10 Å². The summed E-state index contributed by atoms with van der Waals surface area (Å²) in [5, 5.41) is 12.3. The van der Waals surface area contributed by atoms with Crippen LogP contribution in [0.25, 0.3) is 5.69 Å². The molecule has 1 aliphatic rings. The van der Waals surface area contributed by atoms with Crippen molar-refractivity contribution in [1.29, 1.82) is 0 Å². The molecule has 19 heavy (non-hydrogen) atoms. The van der Waals surface area contributed by atoms with Crippen LogP contribution in [-0.2, 0) is 6.54 Å². The Morgan fingerprint density at radius 2 is 2.32 bits per heavy atom. The molecule has 0 saturated heterocycles. The Hall–Kier alpha value is -1.59. The Morgan fingerprint density at radius 1 is 1.47 bits per heavy atom. The Kier molecular flexibility index (Phi) is 3.40. The molecule has 0 aliphatic heterocycles. The molecule has 0 unspecified atom stereocenters. The van der Waals surface area contributed by atoms with Crippen molar-refractivity contribution >= 4 is 11.6 Å². The van der Waals surface area contributed by atoms with Gasteiger partial charge in [-0.2, -0.15) is 0 Å². The minimum absolute atomic E-state index is 0.618. The fourth-order valence-electron chi connectivity index (χ4n) is 1.83. The van der Waals surface area contributed by atoms with Crippen LogP contribution in [0.3, 0.4) is 0 Å². The van der Waals surface area contributed by atoms with Crippen LogP contribution in [0.1, 0.15) is 18.5 Å². The zero-order valence-electron chi connectivity index (χ0n) is 10.6. The van der Waals surface area contributed by atoms with E-state index >= 15 is 0 Å². The van der Waals surface area contributed by atoms with Crippen molar-refractivity contribution in [3.05, 3.63) is 35.1 Å². The highest BCUT2D eigenvalue weighted by molar-refractivity contribution is 6.32. The molecule has 0 amide bonds. The van der Waals surface area contributed by atoms with Gasteiger partial charge in [0.15, 0.2) is 0 Å². The van der Waals surface area contributed by atoms with Crippen LogP contribution in [-0.4, -0.2) is 28.1 Å². The molecule has 6 heteroatoms. The summed E-state index contributed by atoms with van der Waals surface area (Å²) in [6, 6.07) is 6.11. The molecule has 1 aromatic carbocycles. The lowest BCUT2D eigenvalue weighted by molar-refractivity contribution is 0.414. The molecule has 0 radical (unpaired) electrons. The van der Waals surface area contributed by atoms with Gasteiger partial charge in [0.25, 0.3) is 0 Å². The van der Waals surface area contributed by atoms with Crippen LogP contribution in [0, 0.1) is 0 Å². The molecule has 3 rings (SSSR count).